The molecule has 150 valence electrons. The second kappa shape index (κ2) is 9.11. The third-order valence-corrected chi connectivity index (χ3v) is 4.83. The lowest BCUT2D eigenvalue weighted by molar-refractivity contribution is 0.396. The van der Waals surface area contributed by atoms with Crippen LogP contribution in [0.4, 0.5) is 13.2 Å². The highest BCUT2D eigenvalue weighted by atomic mass is 32.1. The van der Waals surface area contributed by atoms with E-state index in [1.165, 1.54) is 12.1 Å². The van der Waals surface area contributed by atoms with Gasteiger partial charge in [0.2, 0.25) is 5.89 Å². The number of hydrogen-bond donors (Lipinski definition) is 3. The fraction of sp³-hybridized carbons (Fsp3) is 0.263. The van der Waals surface area contributed by atoms with Crippen LogP contribution >= 0.6 is 12.6 Å². The molecule has 1 heterocycles. The molecule has 0 aliphatic heterocycles. The first-order valence-electron chi connectivity index (χ1n) is 8.33. The fourth-order valence-electron chi connectivity index (χ4n) is 2.63. The molecule has 0 spiro atoms. The normalized spacial score (nSPS) is 12.9. The molecule has 0 bridgehead atoms. The molecule has 0 aliphatic carbocycles. The summed E-state index contributed by atoms with van der Waals surface area (Å²) in [4.78, 5) is 10.7. The van der Waals surface area contributed by atoms with Crippen LogP contribution < -0.4 is 11.5 Å². The molecule has 3 aromatic rings. The largest absolute Gasteiger partial charge is 0.434 e. The number of aryl methyl sites for hydroxylation is 1. The number of nitrogens with one attached hydrogen (secondary N) is 1. The van der Waals surface area contributed by atoms with Crippen LogP contribution in [0.15, 0.2) is 44.4 Å². The van der Waals surface area contributed by atoms with E-state index in [2.05, 4.69) is 22.8 Å². The third-order valence-electron chi connectivity index (χ3n) is 4.40. The highest BCUT2D eigenvalue weighted by molar-refractivity contribution is 7.80. The molecular formula is C19H20F3N3O2S. The number of hydrogen-bond acceptors (Lipinski definition) is 5. The van der Waals surface area contributed by atoms with Crippen molar-refractivity contribution < 1.29 is 17.6 Å². The SMILES string of the molecule is Cc1ccc(F)c(C(C)C(N)c2n[nH]c(=O)o2)c1C.Fc1cccc(F)c1S. The molecule has 2 aromatic carbocycles. The first-order valence-corrected chi connectivity index (χ1v) is 8.77. The number of aromatic nitrogens is 2. The number of thiol groups is 1. The van der Waals surface area contributed by atoms with Crippen LogP contribution in [-0.4, -0.2) is 10.2 Å². The maximum atomic E-state index is 14.0. The lowest BCUT2D eigenvalue weighted by Crippen LogP contribution is -2.20. The van der Waals surface area contributed by atoms with E-state index in [9.17, 15) is 18.0 Å². The molecule has 0 saturated carbocycles. The van der Waals surface area contributed by atoms with Gasteiger partial charge in [0.25, 0.3) is 0 Å². The lowest BCUT2D eigenvalue weighted by Gasteiger charge is -2.20. The van der Waals surface area contributed by atoms with Crippen molar-refractivity contribution in [3.05, 3.63) is 80.9 Å². The Bertz CT molecular complexity index is 1000. The lowest BCUT2D eigenvalue weighted by atomic mass is 9.88. The molecule has 5 nitrogen and oxygen atoms in total. The quantitative estimate of drug-likeness (QED) is 0.565. The van der Waals surface area contributed by atoms with Gasteiger partial charge < -0.3 is 10.2 Å². The summed E-state index contributed by atoms with van der Waals surface area (Å²) in [7, 11) is 0. The van der Waals surface area contributed by atoms with E-state index in [0.29, 0.717) is 5.56 Å². The topological polar surface area (TPSA) is 84.9 Å². The van der Waals surface area contributed by atoms with Crippen LogP contribution in [0.1, 0.15) is 41.5 Å². The fourth-order valence-corrected chi connectivity index (χ4v) is 2.78. The molecule has 0 amide bonds. The second-order valence-corrected chi connectivity index (χ2v) is 6.69. The number of H-pyrrole nitrogens is 1. The molecule has 0 fully saturated rings. The van der Waals surface area contributed by atoms with Crippen molar-refractivity contribution in [1.29, 1.82) is 0 Å². The van der Waals surface area contributed by atoms with Gasteiger partial charge >= 0.3 is 5.76 Å². The van der Waals surface area contributed by atoms with Crippen LogP contribution in [0.3, 0.4) is 0 Å². The second-order valence-electron chi connectivity index (χ2n) is 6.24. The maximum absolute atomic E-state index is 14.0. The number of halogens is 3. The number of rotatable bonds is 3. The van der Waals surface area contributed by atoms with E-state index < -0.39 is 23.4 Å². The van der Waals surface area contributed by atoms with Gasteiger partial charge in [-0.15, -0.1) is 17.7 Å². The highest BCUT2D eigenvalue weighted by Gasteiger charge is 2.25. The van der Waals surface area contributed by atoms with Crippen molar-refractivity contribution in [2.75, 3.05) is 0 Å². The molecule has 28 heavy (non-hydrogen) atoms. The molecule has 3 N–H and O–H groups in total. The Hall–Kier alpha value is -2.52. The van der Waals surface area contributed by atoms with Gasteiger partial charge in [-0.25, -0.2) is 23.1 Å². The Labute approximate surface area is 165 Å². The zero-order valence-electron chi connectivity index (χ0n) is 15.5. The Morgan fingerprint density at radius 3 is 2.21 bits per heavy atom. The Balaban J connectivity index is 0.000000261. The van der Waals surface area contributed by atoms with Gasteiger partial charge in [-0.2, -0.15) is 0 Å². The zero-order chi connectivity index (χ0) is 21.0. The molecule has 2 unspecified atom stereocenters. The van der Waals surface area contributed by atoms with Gasteiger partial charge in [0, 0.05) is 5.92 Å². The summed E-state index contributed by atoms with van der Waals surface area (Å²) in [5, 5.41) is 5.84. The summed E-state index contributed by atoms with van der Waals surface area (Å²) in [5.74, 6) is -2.51. The van der Waals surface area contributed by atoms with Crippen molar-refractivity contribution in [3.63, 3.8) is 0 Å². The first kappa shape index (κ1) is 21.8. The van der Waals surface area contributed by atoms with Gasteiger partial charge in [-0.1, -0.05) is 19.1 Å². The Kier molecular flexibility index (Phi) is 7.09. The predicted octanol–water partition coefficient (Wildman–Crippen LogP) is 4.18. The van der Waals surface area contributed by atoms with E-state index in [-0.39, 0.29) is 22.5 Å². The van der Waals surface area contributed by atoms with Gasteiger partial charge in [-0.05, 0) is 48.7 Å². The van der Waals surface area contributed by atoms with Crippen LogP contribution in [0, 0.1) is 31.3 Å². The molecule has 3 rings (SSSR count). The maximum Gasteiger partial charge on any atom is 0.434 e. The summed E-state index contributed by atoms with van der Waals surface area (Å²) in [6.45, 7) is 5.53. The monoisotopic (exact) mass is 411 g/mol. The van der Waals surface area contributed by atoms with Crippen molar-refractivity contribution in [1.82, 2.24) is 10.2 Å². The molecule has 2 atom stereocenters. The molecule has 0 radical (unpaired) electrons. The van der Waals surface area contributed by atoms with Crippen molar-refractivity contribution in [3.8, 4) is 0 Å². The van der Waals surface area contributed by atoms with E-state index in [0.717, 1.165) is 23.3 Å². The number of nitrogens with zero attached hydrogens (tertiary/aromatic N) is 1. The molecule has 0 aliphatic rings. The van der Waals surface area contributed by atoms with Crippen LogP contribution in [-0.2, 0) is 0 Å². The minimum absolute atomic E-state index is 0.0813. The van der Waals surface area contributed by atoms with Crippen LogP contribution in [0.2, 0.25) is 0 Å². The summed E-state index contributed by atoms with van der Waals surface area (Å²) in [5.41, 5.74) is 8.35. The molecular weight excluding hydrogens is 391 g/mol. The van der Waals surface area contributed by atoms with Gasteiger partial charge in [0.05, 0.1) is 10.9 Å². The van der Waals surface area contributed by atoms with Gasteiger partial charge in [0.1, 0.15) is 17.5 Å². The molecule has 9 heteroatoms. The Morgan fingerprint density at radius 2 is 1.71 bits per heavy atom. The van der Waals surface area contributed by atoms with Crippen LogP contribution in [0.5, 0.6) is 0 Å². The van der Waals surface area contributed by atoms with Crippen molar-refractivity contribution in [2.45, 2.75) is 37.6 Å². The van der Waals surface area contributed by atoms with E-state index in [4.69, 9.17) is 10.2 Å². The standard InChI is InChI=1S/C13H16FN3O2.C6H4F2S/c1-6-4-5-9(14)10(7(6)2)8(3)11(15)12-16-17-13(18)19-12;7-4-2-1-3-5(8)6(4)9/h4-5,8,11H,15H2,1-3H3,(H,17,18);1-3,9H. The summed E-state index contributed by atoms with van der Waals surface area (Å²) < 4.78 is 43.3. The van der Waals surface area contributed by atoms with Gasteiger partial charge in [-0.3, -0.25) is 0 Å². The average molecular weight is 411 g/mol. The number of nitrogens with two attached hydrogens (primary N) is 1. The minimum Gasteiger partial charge on any atom is -0.391 e. The summed E-state index contributed by atoms with van der Waals surface area (Å²) >= 11 is 3.56. The first-order chi connectivity index (χ1) is 13.1. The van der Waals surface area contributed by atoms with Crippen LogP contribution in [0.25, 0.3) is 0 Å². The van der Waals surface area contributed by atoms with Crippen molar-refractivity contribution in [2.24, 2.45) is 5.73 Å². The Morgan fingerprint density at radius 1 is 1.11 bits per heavy atom. The van der Waals surface area contributed by atoms with E-state index in [1.807, 2.05) is 13.8 Å². The minimum atomic E-state index is -0.686. The zero-order valence-corrected chi connectivity index (χ0v) is 16.4. The third kappa shape index (κ3) is 4.85. The van der Waals surface area contributed by atoms with Gasteiger partial charge in [0.15, 0.2) is 0 Å². The molecule has 1 aromatic heterocycles. The molecule has 0 saturated heterocycles. The van der Waals surface area contributed by atoms with E-state index >= 15 is 0 Å². The van der Waals surface area contributed by atoms with E-state index in [1.54, 1.807) is 13.0 Å². The smallest absolute Gasteiger partial charge is 0.391 e. The summed E-state index contributed by atoms with van der Waals surface area (Å²) in [6, 6.07) is 6.07. The van der Waals surface area contributed by atoms with Crippen molar-refractivity contribution >= 4 is 12.6 Å². The average Bonchev–Trinajstić information content (AvgIpc) is 3.09. The highest BCUT2D eigenvalue weighted by Crippen LogP contribution is 2.32. The predicted molar refractivity (Wildman–Crippen MR) is 102 cm³/mol. The summed E-state index contributed by atoms with van der Waals surface area (Å²) in [6.07, 6.45) is 0. The number of benzene rings is 2. The number of aromatic amines is 1.